The maximum Gasteiger partial charge on any atom is 0.326 e. The van der Waals surface area contributed by atoms with Gasteiger partial charge in [0.15, 0.2) is 0 Å². The van der Waals surface area contributed by atoms with Gasteiger partial charge in [0.2, 0.25) is 0 Å². The van der Waals surface area contributed by atoms with E-state index in [-0.39, 0.29) is 11.9 Å². The molecule has 1 aromatic heterocycles. The molecule has 164 valence electrons. The summed E-state index contributed by atoms with van der Waals surface area (Å²) in [6, 6.07) is 14.6. The number of carbonyl (C=O) groups is 2. The van der Waals surface area contributed by atoms with Gasteiger partial charge in [0.25, 0.3) is 5.91 Å². The van der Waals surface area contributed by atoms with Crippen LogP contribution in [0.3, 0.4) is 0 Å². The van der Waals surface area contributed by atoms with Gasteiger partial charge < -0.3 is 10.6 Å². The highest BCUT2D eigenvalue weighted by Gasteiger charge is 2.26. The van der Waals surface area contributed by atoms with Crippen LogP contribution in [-0.4, -0.2) is 29.2 Å². The van der Waals surface area contributed by atoms with Gasteiger partial charge in [-0.05, 0) is 75.2 Å². The van der Waals surface area contributed by atoms with Crippen LogP contribution in [-0.2, 0) is 0 Å². The predicted molar refractivity (Wildman–Crippen MR) is 131 cm³/mol. The molecule has 2 heterocycles. The summed E-state index contributed by atoms with van der Waals surface area (Å²) in [6.45, 7) is 8.57. The lowest BCUT2D eigenvalue weighted by Crippen LogP contribution is -2.39. The molecule has 0 saturated carbocycles. The largest absolute Gasteiger partial charge is 0.326 e. The fourth-order valence-electron chi connectivity index (χ4n) is 3.82. The Kier molecular flexibility index (Phi) is 6.19. The first-order valence-corrected chi connectivity index (χ1v) is 11.5. The van der Waals surface area contributed by atoms with Crippen LogP contribution in [0.1, 0.15) is 32.7 Å². The molecule has 7 heteroatoms. The summed E-state index contributed by atoms with van der Waals surface area (Å²) >= 11 is 1.67. The Labute approximate surface area is 192 Å². The van der Waals surface area contributed by atoms with Gasteiger partial charge in [-0.25, -0.2) is 9.78 Å². The van der Waals surface area contributed by atoms with Crippen LogP contribution in [0, 0.1) is 27.7 Å². The molecular formula is C25H26N4O2S. The summed E-state index contributed by atoms with van der Waals surface area (Å²) in [5.74, 6) is 0.613. The molecule has 6 nitrogen and oxygen atoms in total. The smallest absolute Gasteiger partial charge is 0.322 e. The van der Waals surface area contributed by atoms with Gasteiger partial charge in [-0.15, -0.1) is 11.8 Å². The minimum Gasteiger partial charge on any atom is -0.322 e. The van der Waals surface area contributed by atoms with Gasteiger partial charge in [-0.1, -0.05) is 17.7 Å². The van der Waals surface area contributed by atoms with E-state index in [1.807, 2.05) is 52.0 Å². The number of carbonyl (C=O) groups excluding carboxylic acids is 2. The number of aryl methyl sites for hydroxylation is 4. The first-order chi connectivity index (χ1) is 15.3. The van der Waals surface area contributed by atoms with Gasteiger partial charge >= 0.3 is 6.03 Å². The third kappa shape index (κ3) is 4.62. The Balaban J connectivity index is 1.45. The molecule has 0 bridgehead atoms. The average molecular weight is 447 g/mol. The van der Waals surface area contributed by atoms with E-state index >= 15 is 0 Å². The Morgan fingerprint density at radius 3 is 2.41 bits per heavy atom. The first kappa shape index (κ1) is 21.9. The molecule has 0 saturated heterocycles. The molecule has 3 aromatic rings. The van der Waals surface area contributed by atoms with E-state index in [1.165, 1.54) is 0 Å². The minimum atomic E-state index is -0.201. The summed E-state index contributed by atoms with van der Waals surface area (Å²) < 4.78 is 0. The maximum absolute atomic E-state index is 13.0. The Hall–Kier alpha value is -3.32. The number of anilines is 3. The first-order valence-electron chi connectivity index (χ1n) is 10.5. The Morgan fingerprint density at radius 1 is 0.938 bits per heavy atom. The van der Waals surface area contributed by atoms with Crippen LogP contribution in [0.2, 0.25) is 0 Å². The van der Waals surface area contributed by atoms with E-state index in [9.17, 15) is 9.59 Å². The number of hydrogen-bond acceptors (Lipinski definition) is 4. The molecule has 0 atom stereocenters. The molecule has 0 fully saturated rings. The van der Waals surface area contributed by atoms with E-state index in [0.29, 0.717) is 17.8 Å². The monoisotopic (exact) mass is 446 g/mol. The number of fused-ring (bicyclic) bond motifs is 1. The van der Waals surface area contributed by atoms with E-state index in [1.54, 1.807) is 40.9 Å². The van der Waals surface area contributed by atoms with Crippen molar-refractivity contribution in [1.82, 2.24) is 4.98 Å². The third-order valence-electron chi connectivity index (χ3n) is 5.38. The summed E-state index contributed by atoms with van der Waals surface area (Å²) in [7, 11) is 0. The molecule has 2 aromatic carbocycles. The molecule has 1 aliphatic heterocycles. The lowest BCUT2D eigenvalue weighted by atomic mass is 10.1. The van der Waals surface area contributed by atoms with Crippen molar-refractivity contribution in [1.29, 1.82) is 0 Å². The van der Waals surface area contributed by atoms with E-state index in [0.717, 1.165) is 44.5 Å². The SMILES string of the molecule is Cc1ccc(NC(=O)c2ccc(NC(=O)N3CCSc4nc(C)cc(C)c43)cc2)c(C)c1. The zero-order chi connectivity index (χ0) is 22.8. The minimum absolute atomic E-state index is 0.186. The molecule has 4 rings (SSSR count). The summed E-state index contributed by atoms with van der Waals surface area (Å²) in [5, 5.41) is 6.78. The highest BCUT2D eigenvalue weighted by molar-refractivity contribution is 7.99. The fraction of sp³-hybridized carbons (Fsp3) is 0.240. The zero-order valence-electron chi connectivity index (χ0n) is 18.7. The lowest BCUT2D eigenvalue weighted by Gasteiger charge is -2.30. The van der Waals surface area contributed by atoms with Crippen molar-refractivity contribution >= 4 is 40.8 Å². The van der Waals surface area contributed by atoms with Crippen molar-refractivity contribution in [3.8, 4) is 0 Å². The number of benzene rings is 2. The number of amides is 3. The average Bonchev–Trinajstić information content (AvgIpc) is 2.75. The molecule has 0 aliphatic carbocycles. The van der Waals surface area contributed by atoms with Crippen LogP contribution in [0.5, 0.6) is 0 Å². The van der Waals surface area contributed by atoms with Gasteiger partial charge in [-0.2, -0.15) is 0 Å². The highest BCUT2D eigenvalue weighted by atomic mass is 32.2. The summed E-state index contributed by atoms with van der Waals surface area (Å²) in [4.78, 5) is 31.9. The number of urea groups is 1. The number of nitrogens with one attached hydrogen (secondary N) is 2. The zero-order valence-corrected chi connectivity index (χ0v) is 19.5. The molecule has 0 unspecified atom stereocenters. The van der Waals surface area contributed by atoms with Crippen molar-refractivity contribution in [2.45, 2.75) is 32.7 Å². The van der Waals surface area contributed by atoms with Crippen LogP contribution in [0.25, 0.3) is 0 Å². The standard InChI is InChI=1S/C25H26N4O2S/c1-15-5-10-21(16(2)13-15)28-23(30)19-6-8-20(9-7-19)27-25(31)29-11-12-32-24-22(29)17(3)14-18(4)26-24/h5-10,13-14H,11-12H2,1-4H3,(H,27,31)(H,28,30). The second kappa shape index (κ2) is 9.04. The van der Waals surface area contributed by atoms with Crippen LogP contribution >= 0.6 is 11.8 Å². The van der Waals surface area contributed by atoms with Crippen molar-refractivity contribution in [2.24, 2.45) is 0 Å². The lowest BCUT2D eigenvalue weighted by molar-refractivity contribution is 0.102. The van der Waals surface area contributed by atoms with Crippen molar-refractivity contribution in [3.05, 3.63) is 76.5 Å². The predicted octanol–water partition coefficient (Wildman–Crippen LogP) is 5.71. The topological polar surface area (TPSA) is 74.3 Å². The second-order valence-corrected chi connectivity index (χ2v) is 9.10. The number of thioether (sulfide) groups is 1. The van der Waals surface area contributed by atoms with Crippen LogP contribution < -0.4 is 15.5 Å². The molecule has 0 spiro atoms. The summed E-state index contributed by atoms with van der Waals surface area (Å²) in [5.41, 5.74) is 6.97. The molecule has 2 N–H and O–H groups in total. The van der Waals surface area contributed by atoms with Crippen LogP contribution in [0.4, 0.5) is 21.9 Å². The van der Waals surface area contributed by atoms with Crippen molar-refractivity contribution < 1.29 is 9.59 Å². The van der Waals surface area contributed by atoms with Crippen molar-refractivity contribution in [2.75, 3.05) is 27.8 Å². The molecule has 0 radical (unpaired) electrons. The van der Waals surface area contributed by atoms with E-state index in [2.05, 4.69) is 15.6 Å². The van der Waals surface area contributed by atoms with Gasteiger partial charge in [0.05, 0.1) is 5.69 Å². The highest BCUT2D eigenvalue weighted by Crippen LogP contribution is 2.36. The quantitative estimate of drug-likeness (QED) is 0.540. The molecular weight excluding hydrogens is 420 g/mol. The Bertz CT molecular complexity index is 1190. The second-order valence-electron chi connectivity index (χ2n) is 8.01. The van der Waals surface area contributed by atoms with E-state index < -0.39 is 0 Å². The Morgan fingerprint density at radius 2 is 1.69 bits per heavy atom. The third-order valence-corrected chi connectivity index (χ3v) is 6.32. The fourth-order valence-corrected chi connectivity index (χ4v) is 4.90. The number of nitrogens with zero attached hydrogens (tertiary/aromatic N) is 2. The number of aromatic nitrogens is 1. The normalized spacial score (nSPS) is 12.8. The van der Waals surface area contributed by atoms with Crippen molar-refractivity contribution in [3.63, 3.8) is 0 Å². The maximum atomic E-state index is 13.0. The number of hydrogen-bond donors (Lipinski definition) is 2. The molecule has 32 heavy (non-hydrogen) atoms. The number of pyridine rings is 1. The summed E-state index contributed by atoms with van der Waals surface area (Å²) in [6.07, 6.45) is 0. The van der Waals surface area contributed by atoms with Gasteiger partial charge in [0, 0.05) is 34.9 Å². The van der Waals surface area contributed by atoms with Gasteiger partial charge in [0.1, 0.15) is 5.03 Å². The van der Waals surface area contributed by atoms with Crippen LogP contribution in [0.15, 0.2) is 53.6 Å². The molecule has 1 aliphatic rings. The number of rotatable bonds is 3. The molecule has 3 amide bonds. The van der Waals surface area contributed by atoms with E-state index in [4.69, 9.17) is 0 Å². The van der Waals surface area contributed by atoms with Gasteiger partial charge in [-0.3, -0.25) is 9.69 Å².